The maximum atomic E-state index is 12.0. The summed E-state index contributed by atoms with van der Waals surface area (Å²) in [6.07, 6.45) is 2.37. The first-order valence-electron chi connectivity index (χ1n) is 5.82. The van der Waals surface area contributed by atoms with Crippen LogP contribution in [0.1, 0.15) is 12.0 Å². The molecule has 2 heterocycles. The number of nitrogens with one attached hydrogen (secondary N) is 1. The van der Waals surface area contributed by atoms with Crippen molar-refractivity contribution in [3.63, 3.8) is 0 Å². The van der Waals surface area contributed by atoms with Gasteiger partial charge in [0.15, 0.2) is 0 Å². The van der Waals surface area contributed by atoms with Crippen LogP contribution in [0, 0.1) is 0 Å². The quantitative estimate of drug-likeness (QED) is 0.741. The molecule has 0 atom stereocenters. The van der Waals surface area contributed by atoms with Gasteiger partial charge in [0.05, 0.1) is 13.1 Å². The molecule has 3 amide bonds. The van der Waals surface area contributed by atoms with Crippen molar-refractivity contribution in [1.29, 1.82) is 0 Å². The first-order valence-corrected chi connectivity index (χ1v) is 5.82. The summed E-state index contributed by atoms with van der Waals surface area (Å²) in [6.45, 7) is 0.391. The molecule has 7 heteroatoms. The van der Waals surface area contributed by atoms with Crippen molar-refractivity contribution in [2.45, 2.75) is 19.5 Å². The minimum Gasteiger partial charge on any atom is -0.319 e. The largest absolute Gasteiger partial charge is 0.324 e. The van der Waals surface area contributed by atoms with E-state index in [2.05, 4.69) is 5.32 Å². The second kappa shape index (κ2) is 5.47. The molecule has 1 aromatic heterocycles. The second-order valence-corrected chi connectivity index (χ2v) is 4.18. The average Bonchev–Trinajstić information content (AvgIpc) is 2.37. The Labute approximate surface area is 108 Å². The molecule has 0 aromatic carbocycles. The molecule has 1 aliphatic rings. The molecule has 0 spiro atoms. The summed E-state index contributed by atoms with van der Waals surface area (Å²) in [4.78, 5) is 46.4. The van der Waals surface area contributed by atoms with Crippen LogP contribution in [0.15, 0.2) is 23.1 Å². The number of hydrogen-bond acceptors (Lipinski definition) is 4. The first-order chi connectivity index (χ1) is 9.11. The van der Waals surface area contributed by atoms with E-state index >= 15 is 0 Å². The summed E-state index contributed by atoms with van der Waals surface area (Å²) in [7, 11) is 0. The van der Waals surface area contributed by atoms with E-state index in [0.717, 1.165) is 0 Å². The Morgan fingerprint density at radius 3 is 2.79 bits per heavy atom. The lowest BCUT2D eigenvalue weighted by molar-refractivity contribution is -0.121. The third-order valence-electron chi connectivity index (χ3n) is 2.87. The number of nitrogens with zero attached hydrogens (tertiary/aromatic N) is 2. The monoisotopic (exact) mass is 263 g/mol. The van der Waals surface area contributed by atoms with Crippen LogP contribution in [0.4, 0.5) is 4.79 Å². The standard InChI is InChI=1S/C12H13N3O4/c16-7-6-14-4-1-2-9(11(14)18)8-15-5-3-10(17)13-12(15)19/h1-2,4,7H,3,5-6,8H2,(H,13,17,19). The molecule has 2 rings (SSSR count). The Balaban J connectivity index is 2.17. The van der Waals surface area contributed by atoms with E-state index in [9.17, 15) is 19.2 Å². The Morgan fingerprint density at radius 1 is 1.32 bits per heavy atom. The van der Waals surface area contributed by atoms with Crippen molar-refractivity contribution in [1.82, 2.24) is 14.8 Å². The fourth-order valence-electron chi connectivity index (χ4n) is 1.89. The van der Waals surface area contributed by atoms with E-state index < -0.39 is 6.03 Å². The van der Waals surface area contributed by atoms with Crippen molar-refractivity contribution >= 4 is 18.2 Å². The third-order valence-corrected chi connectivity index (χ3v) is 2.87. The van der Waals surface area contributed by atoms with Crippen LogP contribution in [-0.2, 0) is 22.7 Å². The molecule has 100 valence electrons. The van der Waals surface area contributed by atoms with E-state index in [1.807, 2.05) is 0 Å². The third kappa shape index (κ3) is 2.87. The zero-order chi connectivity index (χ0) is 13.8. The summed E-state index contributed by atoms with van der Waals surface area (Å²) < 4.78 is 1.27. The summed E-state index contributed by atoms with van der Waals surface area (Å²) in [5.74, 6) is -0.312. The van der Waals surface area contributed by atoms with Crippen LogP contribution in [0.2, 0.25) is 0 Å². The Bertz CT molecular complexity index is 579. The van der Waals surface area contributed by atoms with Gasteiger partial charge in [-0.25, -0.2) is 4.79 Å². The number of hydrogen-bond donors (Lipinski definition) is 1. The van der Waals surface area contributed by atoms with Gasteiger partial charge in [-0.3, -0.25) is 14.9 Å². The van der Waals surface area contributed by atoms with Gasteiger partial charge in [0.25, 0.3) is 5.56 Å². The predicted octanol–water partition coefficient (Wildman–Crippen LogP) is -0.511. The molecule has 0 bridgehead atoms. The highest BCUT2D eigenvalue weighted by Gasteiger charge is 2.23. The zero-order valence-electron chi connectivity index (χ0n) is 10.2. The van der Waals surface area contributed by atoms with E-state index in [1.165, 1.54) is 15.7 Å². The molecule has 1 N–H and O–H groups in total. The summed E-state index contributed by atoms with van der Waals surface area (Å²) >= 11 is 0. The topological polar surface area (TPSA) is 88.5 Å². The zero-order valence-corrected chi connectivity index (χ0v) is 10.2. The lowest BCUT2D eigenvalue weighted by atomic mass is 10.2. The summed E-state index contributed by atoms with van der Waals surface area (Å²) in [6, 6.07) is 2.75. The number of aromatic nitrogens is 1. The molecule has 19 heavy (non-hydrogen) atoms. The SMILES string of the molecule is O=CCn1cccc(CN2CCC(=O)NC2=O)c1=O. The Morgan fingerprint density at radius 2 is 2.11 bits per heavy atom. The molecule has 0 saturated carbocycles. The molecule has 0 unspecified atom stereocenters. The molecule has 0 radical (unpaired) electrons. The molecule has 1 fully saturated rings. The number of carbonyl (C=O) groups excluding carboxylic acids is 3. The van der Waals surface area contributed by atoms with Gasteiger partial charge in [-0.1, -0.05) is 6.07 Å². The average molecular weight is 263 g/mol. The van der Waals surface area contributed by atoms with Crippen molar-refractivity contribution in [3.05, 3.63) is 34.2 Å². The fraction of sp³-hybridized carbons (Fsp3) is 0.333. The number of urea groups is 1. The Kier molecular flexibility index (Phi) is 3.74. The number of amides is 3. The number of imide groups is 1. The van der Waals surface area contributed by atoms with Crippen LogP contribution in [-0.4, -0.2) is 34.2 Å². The van der Waals surface area contributed by atoms with Crippen molar-refractivity contribution in [2.24, 2.45) is 0 Å². The number of aldehydes is 1. The van der Waals surface area contributed by atoms with Crippen LogP contribution in [0.25, 0.3) is 0 Å². The molecular formula is C12H13N3O4. The maximum Gasteiger partial charge on any atom is 0.324 e. The van der Waals surface area contributed by atoms with Crippen LogP contribution in [0.5, 0.6) is 0 Å². The number of carbonyl (C=O) groups is 3. The van der Waals surface area contributed by atoms with Crippen molar-refractivity contribution < 1.29 is 14.4 Å². The normalized spacial score (nSPS) is 15.3. The van der Waals surface area contributed by atoms with Crippen LogP contribution >= 0.6 is 0 Å². The molecule has 1 aromatic rings. The second-order valence-electron chi connectivity index (χ2n) is 4.18. The first kappa shape index (κ1) is 13.0. The number of rotatable bonds is 4. The molecule has 7 nitrogen and oxygen atoms in total. The van der Waals surface area contributed by atoms with Gasteiger partial charge >= 0.3 is 6.03 Å². The van der Waals surface area contributed by atoms with Gasteiger partial charge < -0.3 is 14.3 Å². The van der Waals surface area contributed by atoms with Gasteiger partial charge in [-0.05, 0) is 6.07 Å². The molecule has 1 aliphatic heterocycles. The highest BCUT2D eigenvalue weighted by atomic mass is 16.2. The molecule has 0 aliphatic carbocycles. The van der Waals surface area contributed by atoms with E-state index in [-0.39, 0.29) is 37.5 Å². The number of pyridine rings is 1. The maximum absolute atomic E-state index is 12.0. The predicted molar refractivity (Wildman–Crippen MR) is 65.3 cm³/mol. The molecule has 1 saturated heterocycles. The Hall–Kier alpha value is -2.44. The van der Waals surface area contributed by atoms with Crippen molar-refractivity contribution in [2.75, 3.05) is 6.54 Å². The van der Waals surface area contributed by atoms with Gasteiger partial charge in [-0.15, -0.1) is 0 Å². The van der Waals surface area contributed by atoms with Gasteiger partial charge in [0, 0.05) is 24.7 Å². The smallest absolute Gasteiger partial charge is 0.319 e. The summed E-state index contributed by atoms with van der Waals surface area (Å²) in [5.41, 5.74) is 0.105. The van der Waals surface area contributed by atoms with Gasteiger partial charge in [0.2, 0.25) is 5.91 Å². The fourth-order valence-corrected chi connectivity index (χ4v) is 1.89. The lowest BCUT2D eigenvalue weighted by Crippen LogP contribution is -2.49. The lowest BCUT2D eigenvalue weighted by Gasteiger charge is -2.26. The van der Waals surface area contributed by atoms with Gasteiger partial charge in [-0.2, -0.15) is 0 Å². The minimum absolute atomic E-state index is 0.0165. The van der Waals surface area contributed by atoms with Crippen molar-refractivity contribution in [3.8, 4) is 0 Å². The highest BCUT2D eigenvalue weighted by molar-refractivity contribution is 5.96. The molecular weight excluding hydrogens is 250 g/mol. The van der Waals surface area contributed by atoms with E-state index in [0.29, 0.717) is 11.8 Å². The van der Waals surface area contributed by atoms with Gasteiger partial charge in [0.1, 0.15) is 6.29 Å². The summed E-state index contributed by atoms with van der Waals surface area (Å²) in [5, 5.41) is 2.19. The minimum atomic E-state index is -0.499. The van der Waals surface area contributed by atoms with E-state index in [4.69, 9.17) is 0 Å². The highest BCUT2D eigenvalue weighted by Crippen LogP contribution is 2.05. The van der Waals surface area contributed by atoms with E-state index in [1.54, 1.807) is 12.1 Å². The van der Waals surface area contributed by atoms with Crippen LogP contribution in [0.3, 0.4) is 0 Å². The van der Waals surface area contributed by atoms with Crippen LogP contribution < -0.4 is 10.9 Å².